The lowest BCUT2D eigenvalue weighted by Crippen LogP contribution is -2.44. The first-order chi connectivity index (χ1) is 10.9. The smallest absolute Gasteiger partial charge is 0.249 e. The first kappa shape index (κ1) is 16.9. The standard InChI is InChI=1S/C19H24N2O2/c1-5-14-7-6-8-16(13-14)20-18(22)19(2,3)21-15-9-11-17(23-4)12-10-15/h6-13,21H,5H2,1-4H3,(H,20,22). The van der Waals surface area contributed by atoms with Crippen molar-refractivity contribution < 1.29 is 9.53 Å². The number of nitrogens with one attached hydrogen (secondary N) is 2. The highest BCUT2D eigenvalue weighted by molar-refractivity contribution is 5.99. The van der Waals surface area contributed by atoms with E-state index in [9.17, 15) is 4.79 Å². The van der Waals surface area contributed by atoms with E-state index in [0.717, 1.165) is 23.5 Å². The fourth-order valence-corrected chi connectivity index (χ4v) is 2.25. The molecule has 0 atom stereocenters. The van der Waals surface area contributed by atoms with Crippen LogP contribution in [0.1, 0.15) is 26.3 Å². The molecule has 0 aromatic heterocycles. The number of benzene rings is 2. The average Bonchev–Trinajstić information content (AvgIpc) is 2.55. The van der Waals surface area contributed by atoms with Crippen molar-refractivity contribution in [2.24, 2.45) is 0 Å². The molecule has 23 heavy (non-hydrogen) atoms. The molecule has 2 aromatic rings. The molecule has 4 nitrogen and oxygen atoms in total. The molecule has 2 aromatic carbocycles. The molecular weight excluding hydrogens is 288 g/mol. The van der Waals surface area contributed by atoms with E-state index in [1.807, 2.05) is 56.3 Å². The Balaban J connectivity index is 2.06. The highest BCUT2D eigenvalue weighted by Gasteiger charge is 2.27. The summed E-state index contributed by atoms with van der Waals surface area (Å²) in [6, 6.07) is 15.4. The van der Waals surface area contributed by atoms with E-state index in [0.29, 0.717) is 0 Å². The maximum atomic E-state index is 12.6. The van der Waals surface area contributed by atoms with Gasteiger partial charge in [-0.05, 0) is 62.2 Å². The molecule has 0 radical (unpaired) electrons. The van der Waals surface area contributed by atoms with Crippen LogP contribution < -0.4 is 15.4 Å². The van der Waals surface area contributed by atoms with Crippen molar-refractivity contribution >= 4 is 17.3 Å². The topological polar surface area (TPSA) is 50.4 Å². The molecule has 122 valence electrons. The Morgan fingerprint density at radius 3 is 2.39 bits per heavy atom. The van der Waals surface area contributed by atoms with Crippen molar-refractivity contribution in [1.82, 2.24) is 0 Å². The van der Waals surface area contributed by atoms with Crippen molar-refractivity contribution in [2.75, 3.05) is 17.7 Å². The van der Waals surface area contributed by atoms with Gasteiger partial charge in [0.15, 0.2) is 0 Å². The molecule has 0 aliphatic heterocycles. The molecule has 0 spiro atoms. The Hall–Kier alpha value is -2.49. The molecule has 0 saturated heterocycles. The van der Waals surface area contributed by atoms with Crippen LogP contribution in [0.2, 0.25) is 0 Å². The third-order valence-electron chi connectivity index (χ3n) is 3.71. The minimum absolute atomic E-state index is 0.0819. The van der Waals surface area contributed by atoms with Crippen molar-refractivity contribution in [3.63, 3.8) is 0 Å². The van der Waals surface area contributed by atoms with Gasteiger partial charge in [-0.15, -0.1) is 0 Å². The van der Waals surface area contributed by atoms with Gasteiger partial charge in [0.05, 0.1) is 7.11 Å². The maximum absolute atomic E-state index is 12.6. The number of carbonyl (C=O) groups is 1. The number of methoxy groups -OCH3 is 1. The van der Waals surface area contributed by atoms with Crippen LogP contribution in [0.4, 0.5) is 11.4 Å². The van der Waals surface area contributed by atoms with Gasteiger partial charge in [0.1, 0.15) is 11.3 Å². The van der Waals surface area contributed by atoms with Crippen molar-refractivity contribution in [3.05, 3.63) is 54.1 Å². The van der Waals surface area contributed by atoms with Gasteiger partial charge in [0.2, 0.25) is 5.91 Å². The predicted molar refractivity (Wildman–Crippen MR) is 95.1 cm³/mol. The lowest BCUT2D eigenvalue weighted by molar-refractivity contribution is -0.119. The van der Waals surface area contributed by atoms with E-state index < -0.39 is 5.54 Å². The van der Waals surface area contributed by atoms with Gasteiger partial charge in [-0.1, -0.05) is 19.1 Å². The van der Waals surface area contributed by atoms with Crippen molar-refractivity contribution in [3.8, 4) is 5.75 Å². The molecule has 4 heteroatoms. The Bertz CT molecular complexity index is 663. The summed E-state index contributed by atoms with van der Waals surface area (Å²) in [5.41, 5.74) is 2.15. The van der Waals surface area contributed by atoms with Gasteiger partial charge >= 0.3 is 0 Å². The van der Waals surface area contributed by atoms with Gasteiger partial charge in [-0.2, -0.15) is 0 Å². The summed E-state index contributed by atoms with van der Waals surface area (Å²) in [5, 5.41) is 6.22. The minimum atomic E-state index is -0.739. The van der Waals surface area contributed by atoms with Crippen molar-refractivity contribution in [2.45, 2.75) is 32.7 Å². The van der Waals surface area contributed by atoms with Crippen LogP contribution >= 0.6 is 0 Å². The third-order valence-corrected chi connectivity index (χ3v) is 3.71. The van der Waals surface area contributed by atoms with Crippen LogP contribution in [0.5, 0.6) is 5.75 Å². The third kappa shape index (κ3) is 4.49. The summed E-state index contributed by atoms with van der Waals surface area (Å²) in [5.74, 6) is 0.704. The van der Waals surface area contributed by atoms with Gasteiger partial charge < -0.3 is 15.4 Å². The first-order valence-electron chi connectivity index (χ1n) is 7.77. The molecule has 0 unspecified atom stereocenters. The average molecular weight is 312 g/mol. The number of hydrogen-bond donors (Lipinski definition) is 2. The monoisotopic (exact) mass is 312 g/mol. The van der Waals surface area contributed by atoms with Crippen molar-refractivity contribution in [1.29, 1.82) is 0 Å². The summed E-state index contributed by atoms with van der Waals surface area (Å²) in [6.45, 7) is 5.81. The van der Waals surface area contributed by atoms with Gasteiger partial charge in [0, 0.05) is 11.4 Å². The van der Waals surface area contributed by atoms with E-state index >= 15 is 0 Å². The van der Waals surface area contributed by atoms with E-state index in [1.54, 1.807) is 7.11 Å². The van der Waals surface area contributed by atoms with Crippen LogP contribution in [0.25, 0.3) is 0 Å². The molecular formula is C19H24N2O2. The number of carbonyl (C=O) groups excluding carboxylic acids is 1. The minimum Gasteiger partial charge on any atom is -0.497 e. The number of hydrogen-bond acceptors (Lipinski definition) is 3. The molecule has 2 rings (SSSR count). The fourth-order valence-electron chi connectivity index (χ4n) is 2.25. The molecule has 0 heterocycles. The van der Waals surface area contributed by atoms with E-state index in [2.05, 4.69) is 23.6 Å². The molecule has 0 saturated carbocycles. The lowest BCUT2D eigenvalue weighted by Gasteiger charge is -2.26. The number of ether oxygens (including phenoxy) is 1. The highest BCUT2D eigenvalue weighted by atomic mass is 16.5. The fraction of sp³-hybridized carbons (Fsp3) is 0.316. The summed E-state index contributed by atoms with van der Waals surface area (Å²) in [4.78, 5) is 12.6. The quantitative estimate of drug-likeness (QED) is 0.845. The van der Waals surface area contributed by atoms with Gasteiger partial charge in [-0.25, -0.2) is 0 Å². The zero-order chi connectivity index (χ0) is 16.9. The molecule has 0 aliphatic rings. The van der Waals surface area contributed by atoms with Crippen LogP contribution in [0, 0.1) is 0 Å². The summed E-state index contributed by atoms with van der Waals surface area (Å²) >= 11 is 0. The maximum Gasteiger partial charge on any atom is 0.249 e. The Morgan fingerprint density at radius 1 is 1.09 bits per heavy atom. The summed E-state index contributed by atoms with van der Waals surface area (Å²) in [6.07, 6.45) is 0.942. The predicted octanol–water partition coefficient (Wildman–Crippen LogP) is 4.09. The van der Waals surface area contributed by atoms with E-state index in [4.69, 9.17) is 4.74 Å². The normalized spacial score (nSPS) is 11.0. The molecule has 0 bridgehead atoms. The second-order valence-corrected chi connectivity index (χ2v) is 5.99. The molecule has 0 fully saturated rings. The van der Waals surface area contributed by atoms with Crippen LogP contribution in [0.3, 0.4) is 0 Å². The molecule has 0 aliphatic carbocycles. The highest BCUT2D eigenvalue weighted by Crippen LogP contribution is 2.21. The zero-order valence-corrected chi connectivity index (χ0v) is 14.1. The second kappa shape index (κ2) is 7.18. The zero-order valence-electron chi connectivity index (χ0n) is 14.1. The Kier molecular flexibility index (Phi) is 5.27. The number of rotatable bonds is 6. The number of aryl methyl sites for hydroxylation is 1. The van der Waals surface area contributed by atoms with E-state index in [-0.39, 0.29) is 5.91 Å². The second-order valence-electron chi connectivity index (χ2n) is 5.99. The summed E-state index contributed by atoms with van der Waals surface area (Å²) in [7, 11) is 1.63. The van der Waals surface area contributed by atoms with Crippen LogP contribution in [0.15, 0.2) is 48.5 Å². The van der Waals surface area contributed by atoms with Gasteiger partial charge in [0.25, 0.3) is 0 Å². The first-order valence-corrected chi connectivity index (χ1v) is 7.77. The Morgan fingerprint density at radius 2 is 1.78 bits per heavy atom. The largest absolute Gasteiger partial charge is 0.497 e. The van der Waals surface area contributed by atoms with Crippen LogP contribution in [-0.2, 0) is 11.2 Å². The molecule has 1 amide bonds. The summed E-state index contributed by atoms with van der Waals surface area (Å²) < 4.78 is 5.14. The molecule has 2 N–H and O–H groups in total. The number of amides is 1. The number of anilines is 2. The lowest BCUT2D eigenvalue weighted by atomic mass is 10.0. The Labute approximate surface area is 137 Å². The SMILES string of the molecule is CCc1cccc(NC(=O)C(C)(C)Nc2ccc(OC)cc2)c1. The van der Waals surface area contributed by atoms with Crippen LogP contribution in [-0.4, -0.2) is 18.6 Å². The van der Waals surface area contributed by atoms with Gasteiger partial charge in [-0.3, -0.25) is 4.79 Å². The van der Waals surface area contributed by atoms with E-state index in [1.165, 1.54) is 5.56 Å².